The van der Waals surface area contributed by atoms with Gasteiger partial charge in [0.2, 0.25) is 0 Å². The van der Waals surface area contributed by atoms with Crippen LogP contribution >= 0.6 is 21.6 Å². The quantitative estimate of drug-likeness (QED) is 0.282. The molecule has 0 aromatic rings. The smallest absolute Gasteiger partial charge is 0.152 e. The Hall–Kier alpha value is -0.0500. The van der Waals surface area contributed by atoms with Crippen LogP contribution in [0, 0.1) is 11.8 Å². The SMILES string of the molecule is CC(C)C(=O)CCC(C)(C)SSCCC(C(=O)C(C)C)S(=O)(=O)[O-]. The molecule has 0 bridgehead atoms. The molecule has 0 N–H and O–H groups in total. The zero-order valence-corrected chi connectivity index (χ0v) is 17.8. The number of hydrogen-bond acceptors (Lipinski definition) is 7. The average molecular weight is 398 g/mol. The molecule has 0 aromatic heterocycles. The number of Topliss-reactive ketones (excluding diaryl/α,β-unsaturated/α-hetero) is 2. The lowest BCUT2D eigenvalue weighted by Gasteiger charge is -2.24. The molecule has 0 heterocycles. The molecule has 0 rings (SSSR count). The third-order valence-corrected chi connectivity index (χ3v) is 8.15. The molecule has 1 atom stereocenters. The highest BCUT2D eigenvalue weighted by atomic mass is 33.1. The molecule has 0 aliphatic heterocycles. The van der Waals surface area contributed by atoms with Gasteiger partial charge in [0.05, 0.1) is 0 Å². The fraction of sp³-hybridized carbons (Fsp3) is 0.875. The van der Waals surface area contributed by atoms with Crippen molar-refractivity contribution >= 4 is 43.3 Å². The number of carbonyl (C=O) groups excluding carboxylic acids is 2. The molecule has 0 aliphatic carbocycles. The van der Waals surface area contributed by atoms with Gasteiger partial charge in [0, 0.05) is 28.8 Å². The van der Waals surface area contributed by atoms with E-state index in [9.17, 15) is 22.6 Å². The van der Waals surface area contributed by atoms with E-state index in [0.717, 1.165) is 6.42 Å². The molecule has 0 radical (unpaired) electrons. The van der Waals surface area contributed by atoms with E-state index in [1.807, 2.05) is 27.7 Å². The van der Waals surface area contributed by atoms with Crippen LogP contribution in [0.15, 0.2) is 0 Å². The predicted octanol–water partition coefficient (Wildman–Crippen LogP) is 3.68. The third kappa shape index (κ3) is 9.44. The molecule has 5 nitrogen and oxygen atoms in total. The van der Waals surface area contributed by atoms with Crippen molar-refractivity contribution in [3.05, 3.63) is 0 Å². The minimum atomic E-state index is -4.62. The molecule has 0 aliphatic rings. The Labute approximate surface area is 154 Å². The first kappa shape index (κ1) is 23.9. The first-order valence-corrected chi connectivity index (χ1v) is 11.9. The molecule has 0 saturated carbocycles. The average Bonchev–Trinajstić information content (AvgIpc) is 2.42. The zero-order valence-electron chi connectivity index (χ0n) is 15.3. The highest BCUT2D eigenvalue weighted by Gasteiger charge is 2.27. The van der Waals surface area contributed by atoms with Crippen LogP contribution in [-0.2, 0) is 19.7 Å². The van der Waals surface area contributed by atoms with E-state index in [1.165, 1.54) is 10.8 Å². The van der Waals surface area contributed by atoms with Crippen LogP contribution in [-0.4, -0.2) is 40.3 Å². The highest BCUT2D eigenvalue weighted by molar-refractivity contribution is 8.77. The zero-order chi connectivity index (χ0) is 19.1. The molecule has 1 unspecified atom stereocenters. The Morgan fingerprint density at radius 2 is 1.62 bits per heavy atom. The van der Waals surface area contributed by atoms with Crippen LogP contribution < -0.4 is 0 Å². The van der Waals surface area contributed by atoms with E-state index in [0.29, 0.717) is 12.2 Å². The van der Waals surface area contributed by atoms with Crippen molar-refractivity contribution in [1.82, 2.24) is 0 Å². The fourth-order valence-corrected chi connectivity index (χ4v) is 5.69. The number of rotatable bonds is 12. The van der Waals surface area contributed by atoms with Crippen LogP contribution in [0.4, 0.5) is 0 Å². The summed E-state index contributed by atoms with van der Waals surface area (Å²) >= 11 is 0. The number of ketones is 2. The highest BCUT2D eigenvalue weighted by Crippen LogP contribution is 2.39. The number of carbonyl (C=O) groups is 2. The van der Waals surface area contributed by atoms with Crippen molar-refractivity contribution in [3.8, 4) is 0 Å². The van der Waals surface area contributed by atoms with Crippen molar-refractivity contribution in [2.24, 2.45) is 11.8 Å². The normalized spacial score (nSPS) is 14.2. The van der Waals surface area contributed by atoms with Gasteiger partial charge in [-0.25, -0.2) is 8.42 Å². The summed E-state index contributed by atoms with van der Waals surface area (Å²) in [5.41, 5.74) is 0. The molecular formula is C16H29O5S3-. The van der Waals surface area contributed by atoms with Gasteiger partial charge in [0.25, 0.3) is 0 Å². The van der Waals surface area contributed by atoms with Gasteiger partial charge in [0.1, 0.15) is 21.2 Å². The summed E-state index contributed by atoms with van der Waals surface area (Å²) in [6.45, 7) is 11.0. The summed E-state index contributed by atoms with van der Waals surface area (Å²) in [6, 6.07) is 0. The second-order valence-corrected chi connectivity index (χ2v) is 11.8. The Morgan fingerprint density at radius 3 is 2.04 bits per heavy atom. The van der Waals surface area contributed by atoms with Gasteiger partial charge in [-0.3, -0.25) is 9.59 Å². The van der Waals surface area contributed by atoms with Crippen molar-refractivity contribution in [3.63, 3.8) is 0 Å². The standard InChI is InChI=1S/C16H30O5S3/c1-11(2)13(17)7-9-16(5,6)23-22-10-8-14(24(19,20)21)15(18)12(3)4/h11-12,14H,7-10H2,1-6H3,(H,19,20,21)/p-1. The lowest BCUT2D eigenvalue weighted by Crippen LogP contribution is -2.33. The Bertz CT molecular complexity index is 524. The minimum Gasteiger partial charge on any atom is -0.747 e. The molecule has 0 saturated heterocycles. The fourth-order valence-electron chi connectivity index (χ4n) is 1.91. The molecule has 24 heavy (non-hydrogen) atoms. The van der Waals surface area contributed by atoms with E-state index >= 15 is 0 Å². The summed E-state index contributed by atoms with van der Waals surface area (Å²) in [7, 11) is -1.62. The van der Waals surface area contributed by atoms with Crippen molar-refractivity contribution in [2.45, 2.75) is 70.8 Å². The summed E-state index contributed by atoms with van der Waals surface area (Å²) in [5.74, 6) is -0.332. The maximum atomic E-state index is 11.9. The van der Waals surface area contributed by atoms with Gasteiger partial charge in [-0.1, -0.05) is 49.3 Å². The van der Waals surface area contributed by atoms with Crippen molar-refractivity contribution in [1.29, 1.82) is 0 Å². The van der Waals surface area contributed by atoms with Crippen molar-refractivity contribution in [2.75, 3.05) is 5.75 Å². The summed E-state index contributed by atoms with van der Waals surface area (Å²) in [4.78, 5) is 23.6. The molecule has 142 valence electrons. The maximum absolute atomic E-state index is 11.9. The van der Waals surface area contributed by atoms with Gasteiger partial charge in [-0.15, -0.1) is 0 Å². The van der Waals surface area contributed by atoms with E-state index in [1.54, 1.807) is 24.6 Å². The van der Waals surface area contributed by atoms with Crippen LogP contribution in [0.3, 0.4) is 0 Å². The lowest BCUT2D eigenvalue weighted by molar-refractivity contribution is -0.122. The lowest BCUT2D eigenvalue weighted by atomic mass is 9.99. The first-order chi connectivity index (χ1) is 10.8. The van der Waals surface area contributed by atoms with E-state index in [-0.39, 0.29) is 22.9 Å². The van der Waals surface area contributed by atoms with Crippen LogP contribution in [0.1, 0.15) is 60.8 Å². The topological polar surface area (TPSA) is 91.3 Å². The van der Waals surface area contributed by atoms with E-state index < -0.39 is 27.1 Å². The molecule has 0 spiro atoms. The molecule has 8 heteroatoms. The summed E-state index contributed by atoms with van der Waals surface area (Å²) < 4.78 is 33.7. The second kappa shape index (κ2) is 10.2. The second-order valence-electron chi connectivity index (χ2n) is 7.11. The Kier molecular flexibility index (Phi) is 10.2. The van der Waals surface area contributed by atoms with Crippen LogP contribution in [0.25, 0.3) is 0 Å². The van der Waals surface area contributed by atoms with Gasteiger partial charge < -0.3 is 4.55 Å². The largest absolute Gasteiger partial charge is 0.747 e. The summed E-state index contributed by atoms with van der Waals surface area (Å²) in [5, 5.41) is -1.46. The van der Waals surface area contributed by atoms with Gasteiger partial charge in [-0.2, -0.15) is 0 Å². The molecule has 0 fully saturated rings. The monoisotopic (exact) mass is 397 g/mol. The maximum Gasteiger partial charge on any atom is 0.152 e. The minimum absolute atomic E-state index is 0.0293. The Balaban J connectivity index is 4.43. The first-order valence-electron chi connectivity index (χ1n) is 8.09. The number of hydrogen-bond donors (Lipinski definition) is 0. The molecular weight excluding hydrogens is 368 g/mol. The van der Waals surface area contributed by atoms with Crippen LogP contribution in [0.2, 0.25) is 0 Å². The van der Waals surface area contributed by atoms with Crippen molar-refractivity contribution < 1.29 is 22.6 Å². The predicted molar refractivity (Wildman–Crippen MR) is 101 cm³/mol. The van der Waals surface area contributed by atoms with Gasteiger partial charge >= 0.3 is 0 Å². The molecule has 0 amide bonds. The third-order valence-electron chi connectivity index (χ3n) is 3.60. The van der Waals surface area contributed by atoms with E-state index in [2.05, 4.69) is 0 Å². The van der Waals surface area contributed by atoms with E-state index in [4.69, 9.17) is 0 Å². The summed E-state index contributed by atoms with van der Waals surface area (Å²) in [6.07, 6.45) is 1.28. The van der Waals surface area contributed by atoms with Crippen LogP contribution in [0.5, 0.6) is 0 Å². The Morgan fingerprint density at radius 1 is 1.08 bits per heavy atom. The van der Waals surface area contributed by atoms with Gasteiger partial charge in [0.15, 0.2) is 5.78 Å². The molecule has 0 aromatic carbocycles. The van der Waals surface area contributed by atoms with Gasteiger partial charge in [-0.05, 0) is 26.7 Å².